The maximum Gasteiger partial charge on any atom is 0.309 e. The van der Waals surface area contributed by atoms with Gasteiger partial charge in [-0.05, 0) is 46.6 Å². The summed E-state index contributed by atoms with van der Waals surface area (Å²) in [6.45, 7) is 8.18. The number of nitrogens with one attached hydrogen (secondary N) is 1. The summed E-state index contributed by atoms with van der Waals surface area (Å²) in [6, 6.07) is 0.644. The normalized spacial score (nSPS) is 20.6. The standard InChI is InChI=1S/C15H28N2O3/c1-12-7-4-5-9-17(12)10-6-8-16-13(18)11-15(2,3)14(19)20/h12H,4-11H2,1-3H3,(H,16,18)(H,19,20). The molecule has 0 aromatic carbocycles. The maximum absolute atomic E-state index is 11.7. The molecule has 5 nitrogen and oxygen atoms in total. The molecule has 5 heteroatoms. The molecule has 1 aliphatic rings. The molecule has 1 heterocycles. The summed E-state index contributed by atoms with van der Waals surface area (Å²) in [5, 5.41) is 11.8. The average Bonchev–Trinajstić information content (AvgIpc) is 2.35. The van der Waals surface area contributed by atoms with E-state index < -0.39 is 11.4 Å². The predicted molar refractivity (Wildman–Crippen MR) is 78.5 cm³/mol. The number of carboxylic acids is 1. The van der Waals surface area contributed by atoms with Gasteiger partial charge in [-0.25, -0.2) is 0 Å². The summed E-state index contributed by atoms with van der Waals surface area (Å²) in [4.78, 5) is 25.1. The minimum Gasteiger partial charge on any atom is -0.481 e. The van der Waals surface area contributed by atoms with Crippen molar-refractivity contribution in [1.29, 1.82) is 0 Å². The molecule has 0 bridgehead atoms. The number of carbonyl (C=O) groups excluding carboxylic acids is 1. The fraction of sp³-hybridized carbons (Fsp3) is 0.867. The number of likely N-dealkylation sites (tertiary alicyclic amines) is 1. The van der Waals surface area contributed by atoms with Gasteiger partial charge < -0.3 is 15.3 Å². The minimum absolute atomic E-state index is 0.0302. The van der Waals surface area contributed by atoms with E-state index in [9.17, 15) is 9.59 Å². The van der Waals surface area contributed by atoms with Crippen molar-refractivity contribution in [3.05, 3.63) is 0 Å². The molecule has 0 aliphatic carbocycles. The number of rotatable bonds is 7. The van der Waals surface area contributed by atoms with Gasteiger partial charge in [0, 0.05) is 25.6 Å². The van der Waals surface area contributed by atoms with E-state index >= 15 is 0 Å². The second-order valence-corrected chi connectivity index (χ2v) is 6.45. The van der Waals surface area contributed by atoms with Crippen molar-refractivity contribution in [1.82, 2.24) is 10.2 Å². The molecule has 1 aliphatic heterocycles. The summed E-state index contributed by atoms with van der Waals surface area (Å²) >= 11 is 0. The molecule has 1 atom stereocenters. The van der Waals surface area contributed by atoms with Gasteiger partial charge in [0.25, 0.3) is 0 Å². The van der Waals surface area contributed by atoms with Gasteiger partial charge in [0.15, 0.2) is 0 Å². The average molecular weight is 284 g/mol. The van der Waals surface area contributed by atoms with Crippen molar-refractivity contribution in [2.45, 2.75) is 58.9 Å². The number of piperidine rings is 1. The van der Waals surface area contributed by atoms with Crippen LogP contribution in [0.2, 0.25) is 0 Å². The van der Waals surface area contributed by atoms with Crippen LogP contribution in [-0.4, -0.2) is 47.6 Å². The summed E-state index contributed by atoms with van der Waals surface area (Å²) in [5.74, 6) is -1.11. The quantitative estimate of drug-likeness (QED) is 0.700. The van der Waals surface area contributed by atoms with Crippen LogP contribution in [0.5, 0.6) is 0 Å². The maximum atomic E-state index is 11.7. The van der Waals surface area contributed by atoms with Crippen molar-refractivity contribution in [2.24, 2.45) is 5.41 Å². The largest absolute Gasteiger partial charge is 0.481 e. The van der Waals surface area contributed by atoms with Gasteiger partial charge in [0.1, 0.15) is 0 Å². The van der Waals surface area contributed by atoms with Crippen LogP contribution in [0, 0.1) is 5.41 Å². The Labute approximate surface area is 121 Å². The summed E-state index contributed by atoms with van der Waals surface area (Å²) in [5.41, 5.74) is -0.995. The van der Waals surface area contributed by atoms with E-state index in [4.69, 9.17) is 5.11 Å². The smallest absolute Gasteiger partial charge is 0.309 e. The monoisotopic (exact) mass is 284 g/mol. The van der Waals surface area contributed by atoms with Crippen molar-refractivity contribution >= 4 is 11.9 Å². The SMILES string of the molecule is CC1CCCCN1CCCNC(=O)CC(C)(C)C(=O)O. The number of amides is 1. The van der Waals surface area contributed by atoms with Gasteiger partial charge in [0.05, 0.1) is 5.41 Å². The van der Waals surface area contributed by atoms with E-state index in [0.29, 0.717) is 12.6 Å². The highest BCUT2D eigenvalue weighted by atomic mass is 16.4. The lowest BCUT2D eigenvalue weighted by Gasteiger charge is -2.33. The second-order valence-electron chi connectivity index (χ2n) is 6.45. The first-order valence-electron chi connectivity index (χ1n) is 7.57. The zero-order chi connectivity index (χ0) is 15.2. The molecule has 2 N–H and O–H groups in total. The Morgan fingerprint density at radius 1 is 1.35 bits per heavy atom. The van der Waals surface area contributed by atoms with E-state index in [1.165, 1.54) is 19.3 Å². The summed E-state index contributed by atoms with van der Waals surface area (Å²) in [6.07, 6.45) is 4.80. The number of nitrogens with zero attached hydrogens (tertiary/aromatic N) is 1. The number of hydrogen-bond acceptors (Lipinski definition) is 3. The Hall–Kier alpha value is -1.10. The highest BCUT2D eigenvalue weighted by molar-refractivity contribution is 5.84. The third kappa shape index (κ3) is 5.49. The Bertz CT molecular complexity index is 342. The first-order valence-corrected chi connectivity index (χ1v) is 7.57. The topological polar surface area (TPSA) is 69.6 Å². The van der Waals surface area contributed by atoms with Gasteiger partial charge in [-0.3, -0.25) is 9.59 Å². The molecule has 0 saturated carbocycles. The lowest BCUT2D eigenvalue weighted by molar-refractivity contribution is -0.149. The second kappa shape index (κ2) is 7.62. The molecule has 116 valence electrons. The number of hydrogen-bond donors (Lipinski definition) is 2. The van der Waals surface area contributed by atoms with Crippen LogP contribution in [0.1, 0.15) is 52.9 Å². The van der Waals surface area contributed by atoms with Crippen LogP contribution in [0.3, 0.4) is 0 Å². The Balaban J connectivity index is 2.17. The van der Waals surface area contributed by atoms with E-state index in [0.717, 1.165) is 19.5 Å². The Kier molecular flexibility index (Phi) is 6.46. The number of aliphatic carboxylic acids is 1. The van der Waals surface area contributed by atoms with E-state index in [1.54, 1.807) is 13.8 Å². The minimum atomic E-state index is -0.995. The predicted octanol–water partition coefficient (Wildman–Crippen LogP) is 1.87. The molecule has 1 fully saturated rings. The fourth-order valence-electron chi connectivity index (χ4n) is 2.54. The molecule has 0 aromatic heterocycles. The van der Waals surface area contributed by atoms with Crippen molar-refractivity contribution in [3.63, 3.8) is 0 Å². The lowest BCUT2D eigenvalue weighted by atomic mass is 9.89. The molecule has 0 radical (unpaired) electrons. The Morgan fingerprint density at radius 2 is 2.05 bits per heavy atom. The van der Waals surface area contributed by atoms with Crippen LogP contribution >= 0.6 is 0 Å². The van der Waals surface area contributed by atoms with Gasteiger partial charge >= 0.3 is 5.97 Å². The van der Waals surface area contributed by atoms with Crippen LogP contribution in [0.15, 0.2) is 0 Å². The molecule has 1 amide bonds. The van der Waals surface area contributed by atoms with E-state index in [2.05, 4.69) is 17.1 Å². The third-order valence-corrected chi connectivity index (χ3v) is 4.07. The number of carboxylic acid groups (broad SMARTS) is 1. The van der Waals surface area contributed by atoms with E-state index in [-0.39, 0.29) is 12.3 Å². The van der Waals surface area contributed by atoms with Gasteiger partial charge in [-0.15, -0.1) is 0 Å². The molecular formula is C15H28N2O3. The van der Waals surface area contributed by atoms with Gasteiger partial charge in [-0.2, -0.15) is 0 Å². The molecule has 0 aromatic rings. The molecule has 20 heavy (non-hydrogen) atoms. The van der Waals surface area contributed by atoms with Crippen molar-refractivity contribution in [3.8, 4) is 0 Å². The van der Waals surface area contributed by atoms with Gasteiger partial charge in [0.2, 0.25) is 5.91 Å². The molecular weight excluding hydrogens is 256 g/mol. The molecule has 1 saturated heterocycles. The highest BCUT2D eigenvalue weighted by Gasteiger charge is 2.29. The van der Waals surface area contributed by atoms with Crippen LogP contribution in [0.4, 0.5) is 0 Å². The lowest BCUT2D eigenvalue weighted by Crippen LogP contribution is -2.39. The summed E-state index contributed by atoms with van der Waals surface area (Å²) in [7, 11) is 0. The van der Waals surface area contributed by atoms with Crippen molar-refractivity contribution in [2.75, 3.05) is 19.6 Å². The third-order valence-electron chi connectivity index (χ3n) is 4.07. The molecule has 0 spiro atoms. The van der Waals surface area contributed by atoms with Crippen molar-refractivity contribution < 1.29 is 14.7 Å². The van der Waals surface area contributed by atoms with Crippen LogP contribution in [-0.2, 0) is 9.59 Å². The molecule has 1 unspecified atom stereocenters. The van der Waals surface area contributed by atoms with E-state index in [1.807, 2.05) is 0 Å². The zero-order valence-electron chi connectivity index (χ0n) is 12.9. The van der Waals surface area contributed by atoms with Crippen LogP contribution in [0.25, 0.3) is 0 Å². The van der Waals surface area contributed by atoms with Crippen LogP contribution < -0.4 is 5.32 Å². The summed E-state index contributed by atoms with van der Waals surface area (Å²) < 4.78 is 0. The zero-order valence-corrected chi connectivity index (χ0v) is 12.9. The fourth-order valence-corrected chi connectivity index (χ4v) is 2.54. The number of carbonyl (C=O) groups is 2. The first kappa shape index (κ1) is 17.0. The Morgan fingerprint density at radius 3 is 2.65 bits per heavy atom. The van der Waals surface area contributed by atoms with Gasteiger partial charge in [-0.1, -0.05) is 6.42 Å². The first-order chi connectivity index (χ1) is 9.33. The highest BCUT2D eigenvalue weighted by Crippen LogP contribution is 2.20. The molecule has 1 rings (SSSR count).